The highest BCUT2D eigenvalue weighted by molar-refractivity contribution is 6.03. The average molecular weight is 363 g/mol. The molecule has 0 amide bonds. The van der Waals surface area contributed by atoms with Crippen molar-refractivity contribution in [1.29, 1.82) is 0 Å². The van der Waals surface area contributed by atoms with E-state index in [0.29, 0.717) is 6.61 Å². The van der Waals surface area contributed by atoms with Crippen molar-refractivity contribution in [2.24, 2.45) is 0 Å². The van der Waals surface area contributed by atoms with Crippen LogP contribution in [0.4, 0.5) is 0 Å². The van der Waals surface area contributed by atoms with Crippen LogP contribution in [0, 0.1) is 0 Å². The highest BCUT2D eigenvalue weighted by Crippen LogP contribution is 2.16. The lowest BCUT2D eigenvalue weighted by Gasteiger charge is -2.15. The van der Waals surface area contributed by atoms with Gasteiger partial charge in [0.25, 0.3) is 0 Å². The van der Waals surface area contributed by atoms with Crippen molar-refractivity contribution in [1.82, 2.24) is 0 Å². The molecule has 0 bridgehead atoms. The molecule has 4 heteroatoms. The van der Waals surface area contributed by atoms with Crippen LogP contribution in [0.15, 0.2) is 24.3 Å². The van der Waals surface area contributed by atoms with Gasteiger partial charge in [-0.25, -0.2) is 9.59 Å². The van der Waals surface area contributed by atoms with Crippen molar-refractivity contribution in [3.8, 4) is 0 Å². The summed E-state index contributed by atoms with van der Waals surface area (Å²) >= 11 is 0. The fourth-order valence-corrected chi connectivity index (χ4v) is 2.74. The minimum atomic E-state index is -0.463. The first-order chi connectivity index (χ1) is 12.6. The summed E-state index contributed by atoms with van der Waals surface area (Å²) in [7, 11) is 0. The molecule has 146 valence electrons. The van der Waals surface area contributed by atoms with Crippen LogP contribution in [0.3, 0.4) is 0 Å². The molecule has 0 aliphatic carbocycles. The van der Waals surface area contributed by atoms with Gasteiger partial charge >= 0.3 is 11.9 Å². The largest absolute Gasteiger partial charge is 0.462 e. The van der Waals surface area contributed by atoms with E-state index in [1.165, 1.54) is 32.1 Å². The Morgan fingerprint density at radius 3 is 2.08 bits per heavy atom. The molecular formula is C22H34O4. The Labute approximate surface area is 158 Å². The van der Waals surface area contributed by atoms with E-state index in [4.69, 9.17) is 9.47 Å². The summed E-state index contributed by atoms with van der Waals surface area (Å²) in [5.74, 6) is -0.916. The van der Waals surface area contributed by atoms with Gasteiger partial charge in [0, 0.05) is 0 Å². The lowest BCUT2D eigenvalue weighted by Crippen LogP contribution is -2.18. The number of hydrogen-bond donors (Lipinski definition) is 0. The number of benzene rings is 1. The number of ether oxygens (including phenoxy) is 2. The van der Waals surface area contributed by atoms with Crippen LogP contribution in [-0.2, 0) is 9.47 Å². The van der Waals surface area contributed by atoms with Gasteiger partial charge in [0.2, 0.25) is 0 Å². The van der Waals surface area contributed by atoms with E-state index in [-0.39, 0.29) is 17.2 Å². The van der Waals surface area contributed by atoms with Crippen LogP contribution in [-0.4, -0.2) is 24.6 Å². The zero-order chi connectivity index (χ0) is 19.2. The average Bonchev–Trinajstić information content (AvgIpc) is 2.64. The zero-order valence-corrected chi connectivity index (χ0v) is 16.6. The fraction of sp³-hybridized carbons (Fsp3) is 0.636. The predicted molar refractivity (Wildman–Crippen MR) is 105 cm³/mol. The zero-order valence-electron chi connectivity index (χ0n) is 16.6. The van der Waals surface area contributed by atoms with Crippen LogP contribution in [0.1, 0.15) is 99.3 Å². The van der Waals surface area contributed by atoms with Gasteiger partial charge in [-0.3, -0.25) is 0 Å². The third-order valence-electron chi connectivity index (χ3n) is 4.37. The Hall–Kier alpha value is -1.84. The van der Waals surface area contributed by atoms with Gasteiger partial charge in [0.05, 0.1) is 23.8 Å². The molecular weight excluding hydrogens is 328 g/mol. The number of hydrogen-bond acceptors (Lipinski definition) is 4. The Morgan fingerprint density at radius 2 is 1.42 bits per heavy atom. The van der Waals surface area contributed by atoms with Crippen LogP contribution in [0.5, 0.6) is 0 Å². The molecule has 0 radical (unpaired) electrons. The standard InChI is InChI=1S/C22H34O4/c1-4-6-8-9-10-11-14-18(3)26-22(24)20-16-13-12-15-19(20)21(23)25-17-7-5-2/h12-13,15-16,18H,4-11,14,17H2,1-3H3. The summed E-state index contributed by atoms with van der Waals surface area (Å²) < 4.78 is 10.8. The van der Waals surface area contributed by atoms with Crippen molar-refractivity contribution in [2.75, 3.05) is 6.61 Å². The smallest absolute Gasteiger partial charge is 0.339 e. The van der Waals surface area contributed by atoms with Crippen LogP contribution >= 0.6 is 0 Å². The Bertz CT molecular complexity index is 539. The second kappa shape index (κ2) is 13.4. The molecule has 0 N–H and O–H groups in total. The SMILES string of the molecule is CCCCCCCCC(C)OC(=O)c1ccccc1C(=O)OCCCC. The lowest BCUT2D eigenvalue weighted by molar-refractivity contribution is 0.0307. The number of unbranched alkanes of at least 4 members (excludes halogenated alkanes) is 6. The molecule has 0 heterocycles. The first kappa shape index (κ1) is 22.2. The van der Waals surface area contributed by atoms with E-state index in [0.717, 1.165) is 25.7 Å². The van der Waals surface area contributed by atoms with E-state index in [9.17, 15) is 9.59 Å². The van der Waals surface area contributed by atoms with E-state index < -0.39 is 11.9 Å². The van der Waals surface area contributed by atoms with E-state index in [1.54, 1.807) is 24.3 Å². The van der Waals surface area contributed by atoms with Gasteiger partial charge < -0.3 is 9.47 Å². The molecule has 0 aliphatic heterocycles. The Kier molecular flexibility index (Phi) is 11.4. The number of rotatable bonds is 13. The molecule has 1 aromatic rings. The molecule has 0 fully saturated rings. The molecule has 1 aromatic carbocycles. The first-order valence-electron chi connectivity index (χ1n) is 10.1. The second-order valence-corrected chi connectivity index (χ2v) is 6.81. The monoisotopic (exact) mass is 362 g/mol. The molecule has 0 saturated heterocycles. The Balaban J connectivity index is 2.49. The summed E-state index contributed by atoms with van der Waals surface area (Å²) in [6.45, 7) is 6.52. The first-order valence-corrected chi connectivity index (χ1v) is 10.1. The molecule has 1 rings (SSSR count). The maximum atomic E-state index is 12.5. The summed E-state index contributed by atoms with van der Waals surface area (Å²) in [4.78, 5) is 24.7. The third kappa shape index (κ3) is 8.50. The van der Waals surface area contributed by atoms with Crippen molar-refractivity contribution in [2.45, 2.75) is 84.7 Å². The van der Waals surface area contributed by atoms with Gasteiger partial charge in [-0.2, -0.15) is 0 Å². The predicted octanol–water partition coefficient (Wildman–Crippen LogP) is 5.94. The maximum Gasteiger partial charge on any atom is 0.339 e. The minimum absolute atomic E-state index is 0.155. The van der Waals surface area contributed by atoms with Gasteiger partial charge in [0.1, 0.15) is 0 Å². The summed E-state index contributed by atoms with van der Waals surface area (Å²) in [6.07, 6.45) is 9.73. The quantitative estimate of drug-likeness (QED) is 0.322. The molecule has 0 aromatic heterocycles. The van der Waals surface area contributed by atoms with Crippen LogP contribution in [0.2, 0.25) is 0 Å². The summed E-state index contributed by atoms with van der Waals surface area (Å²) in [5.41, 5.74) is 0.559. The maximum absolute atomic E-state index is 12.5. The van der Waals surface area contributed by atoms with Crippen LogP contribution < -0.4 is 0 Å². The fourth-order valence-electron chi connectivity index (χ4n) is 2.74. The molecule has 0 spiro atoms. The number of carbonyl (C=O) groups is 2. The van der Waals surface area contributed by atoms with Crippen LogP contribution in [0.25, 0.3) is 0 Å². The minimum Gasteiger partial charge on any atom is -0.462 e. The van der Waals surface area contributed by atoms with Crippen molar-refractivity contribution in [3.05, 3.63) is 35.4 Å². The molecule has 0 aliphatic rings. The summed E-state index contributed by atoms with van der Waals surface area (Å²) in [5, 5.41) is 0. The van der Waals surface area contributed by atoms with Gasteiger partial charge in [-0.05, 0) is 38.3 Å². The molecule has 0 saturated carbocycles. The molecule has 1 atom stereocenters. The van der Waals surface area contributed by atoms with Crippen molar-refractivity contribution >= 4 is 11.9 Å². The molecule has 4 nitrogen and oxygen atoms in total. The van der Waals surface area contributed by atoms with Crippen molar-refractivity contribution in [3.63, 3.8) is 0 Å². The highest BCUT2D eigenvalue weighted by Gasteiger charge is 2.20. The van der Waals surface area contributed by atoms with E-state index >= 15 is 0 Å². The third-order valence-corrected chi connectivity index (χ3v) is 4.37. The second-order valence-electron chi connectivity index (χ2n) is 6.81. The van der Waals surface area contributed by atoms with Crippen molar-refractivity contribution < 1.29 is 19.1 Å². The molecule has 26 heavy (non-hydrogen) atoms. The van der Waals surface area contributed by atoms with Gasteiger partial charge in [-0.15, -0.1) is 0 Å². The van der Waals surface area contributed by atoms with Gasteiger partial charge in [-0.1, -0.05) is 64.5 Å². The molecule has 1 unspecified atom stereocenters. The van der Waals surface area contributed by atoms with Gasteiger partial charge in [0.15, 0.2) is 0 Å². The van der Waals surface area contributed by atoms with E-state index in [1.807, 2.05) is 13.8 Å². The number of esters is 2. The number of carbonyl (C=O) groups excluding carboxylic acids is 2. The topological polar surface area (TPSA) is 52.6 Å². The normalized spacial score (nSPS) is 11.8. The van der Waals surface area contributed by atoms with E-state index in [2.05, 4.69) is 6.92 Å². The highest BCUT2D eigenvalue weighted by atomic mass is 16.5. The lowest BCUT2D eigenvalue weighted by atomic mass is 10.1. The summed E-state index contributed by atoms with van der Waals surface area (Å²) in [6, 6.07) is 6.70. The Morgan fingerprint density at radius 1 is 0.846 bits per heavy atom.